The lowest BCUT2D eigenvalue weighted by Gasteiger charge is -2.65. The van der Waals surface area contributed by atoms with E-state index in [4.69, 9.17) is 0 Å². The number of nitrogens with zero attached hydrogens (tertiary/aromatic N) is 2. The summed E-state index contributed by atoms with van der Waals surface area (Å²) >= 11 is 0. The quantitative estimate of drug-likeness (QED) is 0.430. The molecule has 5 aliphatic carbocycles. The molecule has 5 heteroatoms. The van der Waals surface area contributed by atoms with Crippen molar-refractivity contribution in [3.8, 4) is 6.07 Å². The molecule has 38 heavy (non-hydrogen) atoms. The lowest BCUT2D eigenvalue weighted by molar-refractivity contribution is -0.152. The molecule has 3 saturated carbocycles. The van der Waals surface area contributed by atoms with Crippen molar-refractivity contribution in [3.63, 3.8) is 0 Å². The highest BCUT2D eigenvalue weighted by atomic mass is 16.2. The van der Waals surface area contributed by atoms with E-state index in [1.807, 2.05) is 37.9 Å². The first-order valence-corrected chi connectivity index (χ1v) is 14.7. The summed E-state index contributed by atoms with van der Waals surface area (Å²) in [4.78, 5) is 41.7. The molecule has 7 atom stereocenters. The Kier molecular flexibility index (Phi) is 6.04. The zero-order valence-electron chi connectivity index (χ0n) is 24.7. The second kappa shape index (κ2) is 8.39. The molecule has 0 radical (unpaired) electrons. The molecule has 0 bridgehead atoms. The summed E-state index contributed by atoms with van der Waals surface area (Å²) in [5.74, 6) is 0.821. The number of ketones is 2. The highest BCUT2D eigenvalue weighted by Gasteiger charge is 2.65. The normalized spacial score (nSPS) is 42.8. The maximum Gasteiger partial charge on any atom is 0.219 e. The molecular weight excluding hydrogens is 472 g/mol. The molecule has 0 aromatic carbocycles. The van der Waals surface area contributed by atoms with Crippen molar-refractivity contribution in [2.75, 3.05) is 13.6 Å². The van der Waals surface area contributed by atoms with E-state index in [2.05, 4.69) is 33.8 Å². The van der Waals surface area contributed by atoms with Crippen LogP contribution in [-0.2, 0) is 14.4 Å². The number of carbonyl (C=O) groups excluding carboxylic acids is 3. The molecule has 206 valence electrons. The summed E-state index contributed by atoms with van der Waals surface area (Å²) in [6, 6.07) is 2.19. The molecule has 0 N–H and O–H groups in total. The van der Waals surface area contributed by atoms with Gasteiger partial charge in [0.25, 0.3) is 0 Å². The fraction of sp³-hybridized carbons (Fsp3) is 0.758. The van der Waals surface area contributed by atoms with Gasteiger partial charge in [-0.25, -0.2) is 0 Å². The summed E-state index contributed by atoms with van der Waals surface area (Å²) in [5, 5.41) is 9.86. The second-order valence-electron chi connectivity index (χ2n) is 15.4. The minimum Gasteiger partial charge on any atom is -0.345 e. The van der Waals surface area contributed by atoms with Crippen molar-refractivity contribution in [1.29, 1.82) is 5.26 Å². The van der Waals surface area contributed by atoms with Crippen LogP contribution in [0, 0.1) is 62.1 Å². The highest BCUT2D eigenvalue weighted by Crippen LogP contribution is 2.70. The average molecular weight is 519 g/mol. The van der Waals surface area contributed by atoms with E-state index in [0.29, 0.717) is 0 Å². The van der Waals surface area contributed by atoms with Gasteiger partial charge in [-0.2, -0.15) is 5.26 Å². The van der Waals surface area contributed by atoms with Crippen molar-refractivity contribution >= 4 is 17.5 Å². The SMILES string of the molecule is CC(=O)N(C)CC12CCC3C(C(=O)C=C4C5(C)C=C(C#N)C(=O)C(C)(C)C5CCC43C)C1CC(C)(C)CC2. The molecule has 0 heterocycles. The first kappa shape index (κ1) is 27.4. The Hall–Kier alpha value is -2.22. The molecule has 5 rings (SSSR count). The van der Waals surface area contributed by atoms with E-state index >= 15 is 0 Å². The second-order valence-corrected chi connectivity index (χ2v) is 15.4. The van der Waals surface area contributed by atoms with E-state index in [9.17, 15) is 19.6 Å². The van der Waals surface area contributed by atoms with Gasteiger partial charge in [-0.05, 0) is 85.0 Å². The van der Waals surface area contributed by atoms with Gasteiger partial charge in [0.1, 0.15) is 6.07 Å². The van der Waals surface area contributed by atoms with E-state index in [1.54, 1.807) is 6.92 Å². The Labute approximate surface area is 229 Å². The Morgan fingerprint density at radius 2 is 1.71 bits per heavy atom. The molecule has 0 spiro atoms. The number of allylic oxidation sites excluding steroid dienone is 4. The monoisotopic (exact) mass is 518 g/mol. The van der Waals surface area contributed by atoms with Crippen molar-refractivity contribution in [1.82, 2.24) is 4.90 Å². The number of carbonyl (C=O) groups is 3. The summed E-state index contributed by atoms with van der Waals surface area (Å²) in [7, 11) is 1.91. The van der Waals surface area contributed by atoms with Gasteiger partial charge < -0.3 is 4.90 Å². The smallest absolute Gasteiger partial charge is 0.219 e. The van der Waals surface area contributed by atoms with E-state index < -0.39 is 10.8 Å². The summed E-state index contributed by atoms with van der Waals surface area (Å²) in [6.07, 6.45) is 11.0. The average Bonchev–Trinajstić information content (AvgIpc) is 2.82. The molecule has 0 aromatic rings. The molecule has 7 unspecified atom stereocenters. The minimum atomic E-state index is -0.636. The third-order valence-electron chi connectivity index (χ3n) is 12.3. The van der Waals surface area contributed by atoms with E-state index in [1.165, 1.54) is 0 Å². The van der Waals surface area contributed by atoms with Gasteiger partial charge in [0.15, 0.2) is 11.6 Å². The number of amides is 1. The Balaban J connectivity index is 1.62. The molecular formula is C33H46N2O3. The van der Waals surface area contributed by atoms with Crippen molar-refractivity contribution in [2.45, 2.75) is 93.4 Å². The summed E-state index contributed by atoms with van der Waals surface area (Å²) in [6.45, 7) is 15.6. The van der Waals surface area contributed by atoms with Gasteiger partial charge in [-0.1, -0.05) is 53.2 Å². The summed E-state index contributed by atoms with van der Waals surface area (Å²) in [5.41, 5.74) is 0.314. The molecule has 3 fully saturated rings. The van der Waals surface area contributed by atoms with Crippen molar-refractivity contribution in [2.24, 2.45) is 50.7 Å². The number of Topliss-reactive ketones (excluding diaryl/α,β-unsaturated/α-hetero) is 1. The van der Waals surface area contributed by atoms with E-state index in [0.717, 1.165) is 57.1 Å². The predicted octanol–water partition coefficient (Wildman–Crippen LogP) is 6.29. The Morgan fingerprint density at radius 3 is 2.34 bits per heavy atom. The first-order valence-electron chi connectivity index (χ1n) is 14.7. The van der Waals surface area contributed by atoms with Crippen LogP contribution >= 0.6 is 0 Å². The summed E-state index contributed by atoms with van der Waals surface area (Å²) < 4.78 is 0. The lowest BCUT2D eigenvalue weighted by atomic mass is 9.38. The third-order valence-corrected chi connectivity index (χ3v) is 12.3. The molecule has 5 nitrogen and oxygen atoms in total. The molecule has 0 saturated heterocycles. The van der Waals surface area contributed by atoms with Gasteiger partial charge in [-0.15, -0.1) is 0 Å². The molecule has 0 aromatic heterocycles. The van der Waals surface area contributed by atoms with Crippen LogP contribution in [0.1, 0.15) is 93.4 Å². The van der Waals surface area contributed by atoms with Crippen LogP contribution < -0.4 is 0 Å². The molecule has 5 aliphatic rings. The maximum atomic E-state index is 14.3. The highest BCUT2D eigenvalue weighted by molar-refractivity contribution is 6.04. The fourth-order valence-corrected chi connectivity index (χ4v) is 10.2. The predicted molar refractivity (Wildman–Crippen MR) is 148 cm³/mol. The van der Waals surface area contributed by atoms with Gasteiger partial charge in [0.05, 0.1) is 5.57 Å². The number of hydrogen-bond donors (Lipinski definition) is 0. The first-order chi connectivity index (χ1) is 17.5. The fourth-order valence-electron chi connectivity index (χ4n) is 10.2. The number of fused-ring (bicyclic) bond motifs is 7. The zero-order valence-corrected chi connectivity index (χ0v) is 24.7. The topological polar surface area (TPSA) is 78.2 Å². The van der Waals surface area contributed by atoms with Crippen molar-refractivity contribution in [3.05, 3.63) is 23.3 Å². The molecule has 1 amide bonds. The number of nitriles is 1. The standard InChI is InChI=1S/C33H46N2O3/c1-20(36)35(8)19-33-12-9-22-27(23(33)17-29(2,3)13-14-33)24(37)15-26-31(22,6)11-10-25-30(4,5)28(38)21(18-34)16-32(25,26)7/h15-16,22-23,25,27H,9-14,17,19H2,1-8H3. The van der Waals surface area contributed by atoms with E-state index in [-0.39, 0.29) is 63.0 Å². The lowest BCUT2D eigenvalue weighted by Crippen LogP contribution is -2.62. The third kappa shape index (κ3) is 3.65. The minimum absolute atomic E-state index is 0.0112. The number of hydrogen-bond acceptors (Lipinski definition) is 4. The Morgan fingerprint density at radius 1 is 1.03 bits per heavy atom. The van der Waals surface area contributed by atoms with Crippen LogP contribution in [0.3, 0.4) is 0 Å². The van der Waals surface area contributed by atoms with Crippen LogP contribution in [0.25, 0.3) is 0 Å². The Bertz CT molecular complexity index is 1200. The van der Waals surface area contributed by atoms with Crippen LogP contribution in [0.15, 0.2) is 23.3 Å². The van der Waals surface area contributed by atoms with Crippen molar-refractivity contribution < 1.29 is 14.4 Å². The van der Waals surface area contributed by atoms with Gasteiger partial charge in [0, 0.05) is 37.3 Å². The maximum absolute atomic E-state index is 14.3. The van der Waals surface area contributed by atoms with Gasteiger partial charge >= 0.3 is 0 Å². The molecule has 0 aliphatic heterocycles. The van der Waals surface area contributed by atoms with Gasteiger partial charge in [0.2, 0.25) is 5.91 Å². The largest absolute Gasteiger partial charge is 0.345 e. The van der Waals surface area contributed by atoms with Crippen LogP contribution in [0.2, 0.25) is 0 Å². The number of rotatable bonds is 2. The van der Waals surface area contributed by atoms with Crippen LogP contribution in [0.5, 0.6) is 0 Å². The van der Waals surface area contributed by atoms with Crippen LogP contribution in [-0.4, -0.2) is 36.0 Å². The van der Waals surface area contributed by atoms with Gasteiger partial charge in [-0.3, -0.25) is 14.4 Å². The zero-order chi connectivity index (χ0) is 28.1. The van der Waals surface area contributed by atoms with Crippen LogP contribution in [0.4, 0.5) is 0 Å².